The van der Waals surface area contributed by atoms with Crippen LogP contribution in [-0.4, -0.2) is 11.5 Å². The lowest BCUT2D eigenvalue weighted by atomic mass is 10.0. The maximum atomic E-state index is 9.50. The zero-order valence-corrected chi connectivity index (χ0v) is 13.5. The van der Waals surface area contributed by atoms with Gasteiger partial charge in [-0.2, -0.15) is 10.2 Å². The molecule has 4 heteroatoms. The molecular formula is C20H17N3O. The molecule has 4 nitrogen and oxygen atoms in total. The monoisotopic (exact) mass is 315 g/mol. The van der Waals surface area contributed by atoms with Crippen molar-refractivity contribution < 1.29 is 4.42 Å². The second-order valence-electron chi connectivity index (χ2n) is 6.03. The summed E-state index contributed by atoms with van der Waals surface area (Å²) in [6.45, 7) is 2.87. The molecule has 1 aliphatic heterocycles. The van der Waals surface area contributed by atoms with Gasteiger partial charge < -0.3 is 9.32 Å². The summed E-state index contributed by atoms with van der Waals surface area (Å²) >= 11 is 0. The molecule has 1 aliphatic rings. The lowest BCUT2D eigenvalue weighted by molar-refractivity contribution is 0.560. The van der Waals surface area contributed by atoms with E-state index in [1.807, 2.05) is 43.3 Å². The summed E-state index contributed by atoms with van der Waals surface area (Å²) in [6.07, 6.45) is 2.08. The van der Waals surface area contributed by atoms with Gasteiger partial charge in [-0.25, -0.2) is 0 Å². The number of nitrogens with zero attached hydrogens (tertiary/aromatic N) is 3. The summed E-state index contributed by atoms with van der Waals surface area (Å²) in [5.74, 6) is 1.03. The van der Waals surface area contributed by atoms with Gasteiger partial charge in [0.1, 0.15) is 6.07 Å². The highest BCUT2D eigenvalue weighted by Crippen LogP contribution is 2.37. The van der Waals surface area contributed by atoms with Gasteiger partial charge in [0.25, 0.3) is 0 Å². The molecule has 0 saturated carbocycles. The summed E-state index contributed by atoms with van der Waals surface area (Å²) in [5, 5.41) is 9.50. The van der Waals surface area contributed by atoms with Gasteiger partial charge in [0.2, 0.25) is 17.5 Å². The third-order valence-electron chi connectivity index (χ3n) is 4.37. The molecule has 3 aromatic rings. The highest BCUT2D eigenvalue weighted by atomic mass is 16.4. The largest absolute Gasteiger partial charge is 0.419 e. The Balaban J connectivity index is 1.80. The number of hydrogen-bond donors (Lipinski definition) is 0. The van der Waals surface area contributed by atoms with Crippen molar-refractivity contribution in [2.75, 3.05) is 11.4 Å². The Morgan fingerprint density at radius 3 is 2.71 bits per heavy atom. The minimum atomic E-state index is 0.335. The predicted molar refractivity (Wildman–Crippen MR) is 93.2 cm³/mol. The molecule has 0 spiro atoms. The van der Waals surface area contributed by atoms with Crippen LogP contribution < -0.4 is 4.90 Å². The van der Waals surface area contributed by atoms with E-state index in [1.165, 1.54) is 11.1 Å². The Kier molecular flexibility index (Phi) is 3.55. The fourth-order valence-corrected chi connectivity index (χ4v) is 3.13. The average Bonchev–Trinajstić information content (AvgIpc) is 3.06. The number of oxazole rings is 1. The van der Waals surface area contributed by atoms with Gasteiger partial charge in [0, 0.05) is 17.8 Å². The van der Waals surface area contributed by atoms with Crippen molar-refractivity contribution in [2.45, 2.75) is 19.8 Å². The Hall–Kier alpha value is -3.06. The molecule has 4 rings (SSSR count). The van der Waals surface area contributed by atoms with E-state index in [2.05, 4.69) is 28.1 Å². The number of hydrogen-bond acceptors (Lipinski definition) is 4. The van der Waals surface area contributed by atoms with E-state index in [1.54, 1.807) is 0 Å². The van der Waals surface area contributed by atoms with Crippen molar-refractivity contribution in [3.8, 4) is 17.5 Å². The van der Waals surface area contributed by atoms with E-state index in [0.29, 0.717) is 17.5 Å². The van der Waals surface area contributed by atoms with Crippen molar-refractivity contribution in [3.63, 3.8) is 0 Å². The van der Waals surface area contributed by atoms with Crippen LogP contribution >= 0.6 is 0 Å². The maximum Gasteiger partial charge on any atom is 0.239 e. The highest BCUT2D eigenvalue weighted by molar-refractivity contribution is 5.69. The van der Waals surface area contributed by atoms with Crippen LogP contribution in [0.15, 0.2) is 52.9 Å². The number of fused-ring (bicyclic) bond motifs is 1. The molecule has 0 aliphatic carbocycles. The van der Waals surface area contributed by atoms with Gasteiger partial charge in [0.15, 0.2) is 0 Å². The molecule has 0 radical (unpaired) electrons. The van der Waals surface area contributed by atoms with Gasteiger partial charge in [0.05, 0.1) is 0 Å². The van der Waals surface area contributed by atoms with Crippen molar-refractivity contribution in [1.29, 1.82) is 5.26 Å². The van der Waals surface area contributed by atoms with E-state index in [9.17, 15) is 5.26 Å². The lowest BCUT2D eigenvalue weighted by Gasteiger charge is -2.28. The molecule has 0 saturated heterocycles. The smallest absolute Gasteiger partial charge is 0.239 e. The molecule has 0 unspecified atom stereocenters. The summed E-state index contributed by atoms with van der Waals surface area (Å²) < 4.78 is 6.02. The summed E-state index contributed by atoms with van der Waals surface area (Å²) in [5.41, 5.74) is 4.78. The fraction of sp³-hybridized carbons (Fsp3) is 0.200. The molecule has 24 heavy (non-hydrogen) atoms. The van der Waals surface area contributed by atoms with Crippen molar-refractivity contribution in [1.82, 2.24) is 4.98 Å². The van der Waals surface area contributed by atoms with E-state index in [0.717, 1.165) is 30.6 Å². The quantitative estimate of drug-likeness (QED) is 0.693. The Morgan fingerprint density at radius 2 is 1.92 bits per heavy atom. The zero-order chi connectivity index (χ0) is 16.5. The number of anilines is 2. The molecule has 2 heterocycles. The standard InChI is InChI=1S/C20H17N3O/c1-14-8-10-16(11-9-14)19-22-17(13-21)20(24-19)23-12-4-6-15-5-2-3-7-18(15)23/h2-3,5,7-11H,4,6,12H2,1H3. The molecule has 118 valence electrons. The van der Waals surface area contributed by atoms with Gasteiger partial charge >= 0.3 is 0 Å². The van der Waals surface area contributed by atoms with E-state index in [-0.39, 0.29) is 0 Å². The van der Waals surface area contributed by atoms with Crippen LogP contribution in [0.2, 0.25) is 0 Å². The van der Waals surface area contributed by atoms with Gasteiger partial charge in [-0.05, 0) is 43.5 Å². The highest BCUT2D eigenvalue weighted by Gasteiger charge is 2.25. The topological polar surface area (TPSA) is 53.1 Å². The van der Waals surface area contributed by atoms with Crippen LogP contribution in [0, 0.1) is 18.3 Å². The number of nitriles is 1. The molecule has 0 N–H and O–H groups in total. The van der Waals surface area contributed by atoms with E-state index < -0.39 is 0 Å². The third-order valence-corrected chi connectivity index (χ3v) is 4.37. The van der Waals surface area contributed by atoms with Crippen LogP contribution in [-0.2, 0) is 6.42 Å². The first-order chi connectivity index (χ1) is 11.8. The Bertz CT molecular complexity index is 919. The van der Waals surface area contributed by atoms with Gasteiger partial charge in [-0.1, -0.05) is 35.9 Å². The first-order valence-electron chi connectivity index (χ1n) is 8.09. The second-order valence-corrected chi connectivity index (χ2v) is 6.03. The third kappa shape index (κ3) is 2.44. The fourth-order valence-electron chi connectivity index (χ4n) is 3.13. The number of benzene rings is 2. The van der Waals surface area contributed by atoms with Crippen LogP contribution in [0.1, 0.15) is 23.2 Å². The van der Waals surface area contributed by atoms with Crippen LogP contribution in [0.5, 0.6) is 0 Å². The average molecular weight is 315 g/mol. The Labute approximate surface area is 141 Å². The molecular weight excluding hydrogens is 298 g/mol. The number of aromatic nitrogens is 1. The number of rotatable bonds is 2. The summed E-state index contributed by atoms with van der Waals surface area (Å²) in [7, 11) is 0. The number of aryl methyl sites for hydroxylation is 2. The zero-order valence-electron chi connectivity index (χ0n) is 13.5. The number of para-hydroxylation sites is 1. The SMILES string of the molecule is Cc1ccc(-c2nc(C#N)c(N3CCCc4ccccc43)o2)cc1. The van der Waals surface area contributed by atoms with Crippen molar-refractivity contribution in [2.24, 2.45) is 0 Å². The van der Waals surface area contributed by atoms with E-state index in [4.69, 9.17) is 4.42 Å². The Morgan fingerprint density at radius 1 is 1.12 bits per heavy atom. The van der Waals surface area contributed by atoms with Gasteiger partial charge in [-0.15, -0.1) is 0 Å². The van der Waals surface area contributed by atoms with Crippen LogP contribution in [0.25, 0.3) is 11.5 Å². The molecule has 0 bridgehead atoms. The predicted octanol–water partition coefficient (Wildman–Crippen LogP) is 4.61. The summed E-state index contributed by atoms with van der Waals surface area (Å²) in [4.78, 5) is 6.48. The molecule has 1 aromatic heterocycles. The van der Waals surface area contributed by atoms with Crippen LogP contribution in [0.3, 0.4) is 0 Å². The minimum absolute atomic E-state index is 0.335. The first-order valence-corrected chi connectivity index (χ1v) is 8.09. The van der Waals surface area contributed by atoms with Crippen molar-refractivity contribution >= 4 is 11.6 Å². The molecule has 0 atom stereocenters. The maximum absolute atomic E-state index is 9.50. The lowest BCUT2D eigenvalue weighted by Crippen LogP contribution is -2.24. The van der Waals surface area contributed by atoms with Crippen molar-refractivity contribution in [3.05, 3.63) is 65.4 Å². The summed E-state index contributed by atoms with van der Waals surface area (Å²) in [6, 6.07) is 18.4. The minimum Gasteiger partial charge on any atom is -0.419 e. The first kappa shape index (κ1) is 14.5. The van der Waals surface area contributed by atoms with Crippen LogP contribution in [0.4, 0.5) is 11.6 Å². The molecule has 2 aromatic carbocycles. The normalized spacial score (nSPS) is 13.4. The molecule has 0 fully saturated rings. The van der Waals surface area contributed by atoms with Gasteiger partial charge in [-0.3, -0.25) is 0 Å². The second kappa shape index (κ2) is 5.86. The molecule has 0 amide bonds. The van der Waals surface area contributed by atoms with E-state index >= 15 is 0 Å².